The highest BCUT2D eigenvalue weighted by molar-refractivity contribution is 9.10. The van der Waals surface area contributed by atoms with Crippen LogP contribution in [-0.2, 0) is 6.42 Å². The molecule has 0 aliphatic rings. The van der Waals surface area contributed by atoms with Crippen LogP contribution >= 0.6 is 27.5 Å². The summed E-state index contributed by atoms with van der Waals surface area (Å²) in [6, 6.07) is 10.8. The number of aryl methyl sites for hydroxylation is 2. The molecule has 0 bridgehead atoms. The lowest BCUT2D eigenvalue weighted by molar-refractivity contribution is 0.616. The van der Waals surface area contributed by atoms with Gasteiger partial charge >= 0.3 is 0 Å². The van der Waals surface area contributed by atoms with E-state index in [0.29, 0.717) is 18.0 Å². The third-order valence-electron chi connectivity index (χ3n) is 3.42. The van der Waals surface area contributed by atoms with E-state index in [0.717, 1.165) is 26.9 Å². The second kappa shape index (κ2) is 5.78. The van der Waals surface area contributed by atoms with Crippen molar-refractivity contribution in [3.63, 3.8) is 0 Å². The normalized spacial score (nSPS) is 11.2. The Kier molecular flexibility index (Phi) is 4.00. The van der Waals surface area contributed by atoms with Crippen molar-refractivity contribution >= 4 is 38.6 Å². The van der Waals surface area contributed by atoms with E-state index in [-0.39, 0.29) is 5.82 Å². The van der Waals surface area contributed by atoms with Crippen molar-refractivity contribution < 1.29 is 4.39 Å². The number of alkyl halides is 1. The number of fused-ring (bicyclic) bond motifs is 1. The lowest BCUT2D eigenvalue weighted by Crippen LogP contribution is -2.04. The van der Waals surface area contributed by atoms with E-state index in [1.54, 1.807) is 12.1 Å². The van der Waals surface area contributed by atoms with Crippen molar-refractivity contribution in [2.45, 2.75) is 13.3 Å². The molecule has 0 atom stereocenters. The van der Waals surface area contributed by atoms with Crippen molar-refractivity contribution in [3.8, 4) is 5.69 Å². The first kappa shape index (κ1) is 14.5. The minimum Gasteiger partial charge on any atom is -0.293 e. The van der Waals surface area contributed by atoms with Gasteiger partial charge in [0.25, 0.3) is 0 Å². The number of para-hydroxylation sites is 1. The van der Waals surface area contributed by atoms with E-state index in [4.69, 9.17) is 11.6 Å². The largest absolute Gasteiger partial charge is 0.293 e. The number of nitrogens with zero attached hydrogens (tertiary/aromatic N) is 2. The number of aromatic nitrogens is 2. The Bertz CT molecular complexity index is 813. The summed E-state index contributed by atoms with van der Waals surface area (Å²) in [4.78, 5) is 4.65. The summed E-state index contributed by atoms with van der Waals surface area (Å²) in [5, 5.41) is 0. The summed E-state index contributed by atoms with van der Waals surface area (Å²) in [6.45, 7) is 2.00. The number of rotatable bonds is 3. The molecule has 108 valence electrons. The van der Waals surface area contributed by atoms with Gasteiger partial charge in [-0.05, 0) is 36.8 Å². The number of halogens is 3. The molecule has 1 heterocycles. The molecule has 0 saturated heterocycles. The molecule has 21 heavy (non-hydrogen) atoms. The molecule has 1 aromatic heterocycles. The Labute approximate surface area is 135 Å². The zero-order valence-electron chi connectivity index (χ0n) is 11.4. The van der Waals surface area contributed by atoms with Gasteiger partial charge in [-0.1, -0.05) is 28.1 Å². The second-order valence-corrected chi connectivity index (χ2v) is 6.13. The molecule has 5 heteroatoms. The molecule has 0 spiro atoms. The third-order valence-corrected chi connectivity index (χ3v) is 4.11. The van der Waals surface area contributed by atoms with Gasteiger partial charge in [-0.25, -0.2) is 9.37 Å². The van der Waals surface area contributed by atoms with Crippen LogP contribution in [0.1, 0.15) is 11.4 Å². The first-order valence-corrected chi connectivity index (χ1v) is 7.93. The van der Waals surface area contributed by atoms with Crippen LogP contribution in [0.2, 0.25) is 0 Å². The third kappa shape index (κ3) is 2.58. The smallest absolute Gasteiger partial charge is 0.147 e. The van der Waals surface area contributed by atoms with Crippen LogP contribution in [0.15, 0.2) is 40.9 Å². The molecule has 3 aromatic rings. The zero-order chi connectivity index (χ0) is 15.0. The fraction of sp³-hybridized carbons (Fsp3) is 0.188. The second-order valence-electron chi connectivity index (χ2n) is 4.84. The van der Waals surface area contributed by atoms with Gasteiger partial charge in [-0.15, -0.1) is 11.6 Å². The van der Waals surface area contributed by atoms with Gasteiger partial charge in [0.15, 0.2) is 0 Å². The Morgan fingerprint density at radius 1 is 1.29 bits per heavy atom. The van der Waals surface area contributed by atoms with Gasteiger partial charge in [0.1, 0.15) is 11.6 Å². The van der Waals surface area contributed by atoms with E-state index in [1.807, 2.05) is 29.7 Å². The Morgan fingerprint density at radius 3 is 2.86 bits per heavy atom. The van der Waals surface area contributed by atoms with E-state index in [2.05, 4.69) is 20.9 Å². The van der Waals surface area contributed by atoms with Gasteiger partial charge < -0.3 is 0 Å². The molecule has 0 fully saturated rings. The highest BCUT2D eigenvalue weighted by atomic mass is 79.9. The van der Waals surface area contributed by atoms with Crippen LogP contribution in [0.4, 0.5) is 4.39 Å². The molecule has 2 aromatic carbocycles. The molecule has 2 nitrogen and oxygen atoms in total. The molecule has 0 unspecified atom stereocenters. The zero-order valence-corrected chi connectivity index (χ0v) is 13.7. The van der Waals surface area contributed by atoms with Crippen LogP contribution in [0.5, 0.6) is 0 Å². The number of hydrogen-bond acceptors (Lipinski definition) is 1. The van der Waals surface area contributed by atoms with Gasteiger partial charge in [0.2, 0.25) is 0 Å². The van der Waals surface area contributed by atoms with Crippen LogP contribution in [0.25, 0.3) is 16.7 Å². The van der Waals surface area contributed by atoms with Crippen molar-refractivity contribution in [1.29, 1.82) is 0 Å². The van der Waals surface area contributed by atoms with Crippen molar-refractivity contribution in [2.24, 2.45) is 0 Å². The quantitative estimate of drug-likeness (QED) is 0.595. The fourth-order valence-electron chi connectivity index (χ4n) is 2.47. The highest BCUT2D eigenvalue weighted by Crippen LogP contribution is 2.27. The molecule has 0 amide bonds. The average molecular weight is 368 g/mol. The SMILES string of the molecule is Cc1cccc2c1nc(CCCl)n2-c1cc(Br)ccc1F. The first-order chi connectivity index (χ1) is 10.1. The number of benzene rings is 2. The standard InChI is InChI=1S/C16H13BrClFN2/c1-10-3-2-4-13-16(10)20-15(7-8-18)21(13)14-9-11(17)5-6-12(14)19/h2-6,9H,7-8H2,1H3. The number of hydrogen-bond donors (Lipinski definition) is 0. The maximum absolute atomic E-state index is 14.3. The van der Waals surface area contributed by atoms with E-state index >= 15 is 0 Å². The minimum atomic E-state index is -0.283. The summed E-state index contributed by atoms with van der Waals surface area (Å²) in [5.74, 6) is 0.930. The van der Waals surface area contributed by atoms with Crippen molar-refractivity contribution in [2.75, 3.05) is 5.88 Å². The summed E-state index contributed by atoms with van der Waals surface area (Å²) < 4.78 is 17.0. The van der Waals surface area contributed by atoms with Gasteiger partial charge in [-0.3, -0.25) is 4.57 Å². The van der Waals surface area contributed by atoms with Crippen molar-refractivity contribution in [1.82, 2.24) is 9.55 Å². The summed E-state index contributed by atoms with van der Waals surface area (Å²) in [6.07, 6.45) is 0.585. The van der Waals surface area contributed by atoms with Crippen LogP contribution < -0.4 is 0 Å². The van der Waals surface area contributed by atoms with Crippen LogP contribution in [0, 0.1) is 12.7 Å². The van der Waals surface area contributed by atoms with Gasteiger partial charge in [0, 0.05) is 16.8 Å². The predicted molar refractivity (Wildman–Crippen MR) is 87.9 cm³/mol. The molecule has 0 N–H and O–H groups in total. The maximum atomic E-state index is 14.3. The van der Waals surface area contributed by atoms with E-state index in [9.17, 15) is 4.39 Å². The Hall–Kier alpha value is -1.39. The van der Waals surface area contributed by atoms with E-state index < -0.39 is 0 Å². The lowest BCUT2D eigenvalue weighted by Gasteiger charge is -2.10. The molecular formula is C16H13BrClFN2. The minimum absolute atomic E-state index is 0.283. The molecule has 0 saturated carbocycles. The highest BCUT2D eigenvalue weighted by Gasteiger charge is 2.16. The fourth-order valence-corrected chi connectivity index (χ4v) is 2.98. The van der Waals surface area contributed by atoms with Crippen LogP contribution in [0.3, 0.4) is 0 Å². The van der Waals surface area contributed by atoms with Crippen molar-refractivity contribution in [3.05, 3.63) is 58.1 Å². The summed E-state index contributed by atoms with van der Waals surface area (Å²) in [5.41, 5.74) is 3.33. The van der Waals surface area contributed by atoms with Gasteiger partial charge in [0.05, 0.1) is 16.7 Å². The first-order valence-electron chi connectivity index (χ1n) is 6.60. The molecule has 0 radical (unpaired) electrons. The number of imidazole rings is 1. The lowest BCUT2D eigenvalue weighted by atomic mass is 10.2. The molecule has 3 rings (SSSR count). The molecule has 0 aliphatic carbocycles. The van der Waals surface area contributed by atoms with Gasteiger partial charge in [-0.2, -0.15) is 0 Å². The van der Waals surface area contributed by atoms with Crippen LogP contribution in [-0.4, -0.2) is 15.4 Å². The topological polar surface area (TPSA) is 17.8 Å². The Morgan fingerprint density at radius 2 is 2.10 bits per heavy atom. The summed E-state index contributed by atoms with van der Waals surface area (Å²) >= 11 is 9.28. The molecule has 0 aliphatic heterocycles. The maximum Gasteiger partial charge on any atom is 0.147 e. The summed E-state index contributed by atoms with van der Waals surface area (Å²) in [7, 11) is 0. The Balaban J connectivity index is 2.36. The monoisotopic (exact) mass is 366 g/mol. The van der Waals surface area contributed by atoms with E-state index in [1.165, 1.54) is 6.07 Å². The predicted octanol–water partition coefficient (Wildman–Crippen LogP) is 5.02. The average Bonchev–Trinajstić information content (AvgIpc) is 2.82. The molecular weight excluding hydrogens is 355 g/mol.